The first-order valence-corrected chi connectivity index (χ1v) is 12.8. The quantitative estimate of drug-likeness (QED) is 0.282. The second-order valence-electron chi connectivity index (χ2n) is 8.80. The average molecular weight is 499 g/mol. The van der Waals surface area contributed by atoms with Crippen LogP contribution in [0.4, 0.5) is 5.00 Å². The molecule has 1 aliphatic rings. The third-order valence-corrected chi connectivity index (χ3v) is 7.64. The Hall–Kier alpha value is -3.97. The Balaban J connectivity index is 1.41. The smallest absolute Gasteiger partial charge is 0.335 e. The van der Waals surface area contributed by atoms with Gasteiger partial charge in [0.1, 0.15) is 16.5 Å². The Morgan fingerprint density at radius 2 is 1.86 bits per heavy atom. The number of rotatable bonds is 7. The van der Waals surface area contributed by atoms with Crippen LogP contribution in [0.5, 0.6) is 0 Å². The second-order valence-corrected chi connectivity index (χ2v) is 9.89. The molecule has 0 spiro atoms. The molecule has 0 unspecified atom stereocenters. The van der Waals surface area contributed by atoms with Gasteiger partial charge in [0.05, 0.1) is 17.3 Å². The largest absolute Gasteiger partial charge is 0.478 e. The molecule has 2 heterocycles. The Labute approximate surface area is 213 Å². The summed E-state index contributed by atoms with van der Waals surface area (Å²) in [7, 11) is 0. The van der Waals surface area contributed by atoms with Gasteiger partial charge in [-0.25, -0.2) is 9.79 Å². The van der Waals surface area contributed by atoms with Crippen LogP contribution < -0.4 is 5.32 Å². The van der Waals surface area contributed by atoms with Gasteiger partial charge in [-0.3, -0.25) is 4.79 Å². The topological polar surface area (TPSA) is 91.9 Å². The number of nitrogens with zero attached hydrogens (tertiary/aromatic N) is 1. The molecule has 1 amide bonds. The summed E-state index contributed by atoms with van der Waals surface area (Å²) in [6.45, 7) is 2.23. The van der Waals surface area contributed by atoms with Crippen molar-refractivity contribution in [3.8, 4) is 11.3 Å². The highest BCUT2D eigenvalue weighted by atomic mass is 32.1. The first kappa shape index (κ1) is 23.8. The van der Waals surface area contributed by atoms with Gasteiger partial charge in [0, 0.05) is 17.0 Å². The predicted octanol–water partition coefficient (Wildman–Crippen LogP) is 6.57. The van der Waals surface area contributed by atoms with E-state index in [0.717, 1.165) is 42.4 Å². The van der Waals surface area contributed by atoms with Gasteiger partial charge in [0.15, 0.2) is 0 Å². The van der Waals surface area contributed by atoms with Crippen molar-refractivity contribution in [1.82, 2.24) is 5.32 Å². The SMILES string of the molecule is Cc1c(C(=O)O)cccc1-c1ccc(C=Nc2sc3c(c2C(=O)NCc2ccccc2)CCCC3)o1. The van der Waals surface area contributed by atoms with Crippen molar-refractivity contribution in [2.24, 2.45) is 4.99 Å². The maximum Gasteiger partial charge on any atom is 0.335 e. The fraction of sp³-hybridized carbons (Fsp3) is 0.207. The lowest BCUT2D eigenvalue weighted by Crippen LogP contribution is -2.24. The minimum Gasteiger partial charge on any atom is -0.478 e. The number of aliphatic imine (C=N–C) groups is 1. The molecule has 2 N–H and O–H groups in total. The second kappa shape index (κ2) is 10.3. The third-order valence-electron chi connectivity index (χ3n) is 6.44. The number of benzene rings is 2. The van der Waals surface area contributed by atoms with E-state index in [0.29, 0.717) is 34.2 Å². The van der Waals surface area contributed by atoms with Crippen LogP contribution in [0.1, 0.15) is 60.9 Å². The van der Waals surface area contributed by atoms with E-state index in [2.05, 4.69) is 10.3 Å². The standard InChI is InChI=1S/C29H26N2O4S/c1-18-21(11-7-12-22(18)29(33)34)24-15-14-20(35-24)17-31-28-26(23-10-5-6-13-25(23)36-28)27(32)30-16-19-8-3-2-4-9-19/h2-4,7-9,11-12,14-15,17H,5-6,10,13,16H2,1H3,(H,30,32)(H,33,34). The molecular formula is C29H26N2O4S. The molecule has 2 aromatic heterocycles. The highest BCUT2D eigenvalue weighted by Crippen LogP contribution is 2.40. The number of furan rings is 1. The molecule has 0 fully saturated rings. The van der Waals surface area contributed by atoms with E-state index < -0.39 is 5.97 Å². The van der Waals surface area contributed by atoms with E-state index in [1.54, 1.807) is 42.7 Å². The third kappa shape index (κ3) is 4.88. The summed E-state index contributed by atoms with van der Waals surface area (Å²) in [5.74, 6) is 0.0320. The number of carbonyl (C=O) groups is 2. The molecule has 0 saturated carbocycles. The number of carboxylic acid groups (broad SMARTS) is 1. The van der Waals surface area contributed by atoms with E-state index in [1.165, 1.54) is 4.88 Å². The van der Waals surface area contributed by atoms with Crippen LogP contribution in [-0.4, -0.2) is 23.2 Å². The average Bonchev–Trinajstić information content (AvgIpc) is 3.51. The number of hydrogen-bond donors (Lipinski definition) is 2. The number of aryl methyl sites for hydroxylation is 1. The molecule has 0 aliphatic heterocycles. The van der Waals surface area contributed by atoms with Crippen LogP contribution in [0.25, 0.3) is 11.3 Å². The van der Waals surface area contributed by atoms with Gasteiger partial charge in [-0.2, -0.15) is 0 Å². The van der Waals surface area contributed by atoms with Gasteiger partial charge in [0.25, 0.3) is 5.91 Å². The number of aromatic carboxylic acids is 1. The fourth-order valence-electron chi connectivity index (χ4n) is 4.57. The zero-order valence-electron chi connectivity index (χ0n) is 19.9. The van der Waals surface area contributed by atoms with Crippen molar-refractivity contribution in [1.29, 1.82) is 0 Å². The number of thiophene rings is 1. The molecular weight excluding hydrogens is 472 g/mol. The zero-order chi connectivity index (χ0) is 25.1. The molecule has 2 aromatic carbocycles. The lowest BCUT2D eigenvalue weighted by Gasteiger charge is -2.12. The number of fused-ring (bicyclic) bond motifs is 1. The summed E-state index contributed by atoms with van der Waals surface area (Å²) in [5, 5.41) is 13.2. The van der Waals surface area contributed by atoms with Crippen LogP contribution in [-0.2, 0) is 19.4 Å². The Kier molecular flexibility index (Phi) is 6.82. The molecule has 6 nitrogen and oxygen atoms in total. The van der Waals surface area contributed by atoms with E-state index in [4.69, 9.17) is 4.42 Å². The van der Waals surface area contributed by atoms with Crippen molar-refractivity contribution in [2.45, 2.75) is 39.2 Å². The number of carbonyl (C=O) groups excluding carboxylic acids is 1. The van der Waals surface area contributed by atoms with Gasteiger partial charge in [-0.1, -0.05) is 42.5 Å². The summed E-state index contributed by atoms with van der Waals surface area (Å²) >= 11 is 1.58. The van der Waals surface area contributed by atoms with Crippen molar-refractivity contribution < 1.29 is 19.1 Å². The maximum absolute atomic E-state index is 13.2. The van der Waals surface area contributed by atoms with Crippen molar-refractivity contribution in [3.05, 3.63) is 99.1 Å². The molecule has 0 atom stereocenters. The van der Waals surface area contributed by atoms with Gasteiger partial charge in [0.2, 0.25) is 0 Å². The van der Waals surface area contributed by atoms with Crippen LogP contribution >= 0.6 is 11.3 Å². The first-order chi connectivity index (χ1) is 17.5. The molecule has 1 aliphatic carbocycles. The molecule has 0 radical (unpaired) electrons. The minimum absolute atomic E-state index is 0.105. The van der Waals surface area contributed by atoms with Crippen LogP contribution in [0.15, 0.2) is 70.1 Å². The van der Waals surface area contributed by atoms with Crippen molar-refractivity contribution >= 4 is 34.4 Å². The van der Waals surface area contributed by atoms with Crippen LogP contribution in [0, 0.1) is 6.92 Å². The van der Waals surface area contributed by atoms with Crippen LogP contribution in [0.3, 0.4) is 0 Å². The van der Waals surface area contributed by atoms with Gasteiger partial charge < -0.3 is 14.8 Å². The Bertz CT molecular complexity index is 1450. The number of amides is 1. The van der Waals surface area contributed by atoms with E-state index in [-0.39, 0.29) is 11.5 Å². The zero-order valence-corrected chi connectivity index (χ0v) is 20.7. The van der Waals surface area contributed by atoms with Crippen molar-refractivity contribution in [3.63, 3.8) is 0 Å². The number of nitrogens with one attached hydrogen (secondary N) is 1. The maximum atomic E-state index is 13.2. The van der Waals surface area contributed by atoms with Gasteiger partial charge in [-0.15, -0.1) is 11.3 Å². The Morgan fingerprint density at radius 1 is 1.06 bits per heavy atom. The van der Waals surface area contributed by atoms with E-state index in [9.17, 15) is 14.7 Å². The van der Waals surface area contributed by atoms with Gasteiger partial charge >= 0.3 is 5.97 Å². The van der Waals surface area contributed by atoms with Gasteiger partial charge in [-0.05, 0) is 67.5 Å². The molecule has 7 heteroatoms. The number of hydrogen-bond acceptors (Lipinski definition) is 5. The Morgan fingerprint density at radius 3 is 2.67 bits per heavy atom. The molecule has 0 bridgehead atoms. The lowest BCUT2D eigenvalue weighted by molar-refractivity contribution is 0.0696. The molecule has 182 valence electrons. The fourth-order valence-corrected chi connectivity index (χ4v) is 5.80. The van der Waals surface area contributed by atoms with E-state index in [1.807, 2.05) is 42.5 Å². The predicted molar refractivity (Wildman–Crippen MR) is 142 cm³/mol. The summed E-state index contributed by atoms with van der Waals surface area (Å²) < 4.78 is 5.98. The molecule has 0 saturated heterocycles. The first-order valence-electron chi connectivity index (χ1n) is 11.9. The summed E-state index contributed by atoms with van der Waals surface area (Å²) in [6, 6.07) is 18.6. The molecule has 4 aromatic rings. The highest BCUT2D eigenvalue weighted by molar-refractivity contribution is 7.16. The normalized spacial score (nSPS) is 13.0. The molecule has 5 rings (SSSR count). The van der Waals surface area contributed by atoms with Crippen LogP contribution in [0.2, 0.25) is 0 Å². The van der Waals surface area contributed by atoms with Crippen molar-refractivity contribution in [2.75, 3.05) is 0 Å². The highest BCUT2D eigenvalue weighted by Gasteiger charge is 2.25. The number of carboxylic acids is 1. The summed E-state index contributed by atoms with van der Waals surface area (Å²) in [5.41, 5.74) is 4.44. The van der Waals surface area contributed by atoms with E-state index >= 15 is 0 Å². The summed E-state index contributed by atoms with van der Waals surface area (Å²) in [4.78, 5) is 30.6. The molecule has 36 heavy (non-hydrogen) atoms. The monoisotopic (exact) mass is 498 g/mol. The lowest BCUT2D eigenvalue weighted by atomic mass is 9.95. The summed E-state index contributed by atoms with van der Waals surface area (Å²) in [6.07, 6.45) is 5.68. The minimum atomic E-state index is -0.970.